The van der Waals surface area contributed by atoms with E-state index in [0.29, 0.717) is 18.4 Å². The van der Waals surface area contributed by atoms with Crippen LogP contribution in [0.3, 0.4) is 0 Å². The van der Waals surface area contributed by atoms with Crippen molar-refractivity contribution in [3.8, 4) is 0 Å². The van der Waals surface area contributed by atoms with Crippen LogP contribution in [0.1, 0.15) is 18.4 Å². The number of carbonyl (C=O) groups is 1. The Kier molecular flexibility index (Phi) is 2.49. The van der Waals surface area contributed by atoms with Gasteiger partial charge in [-0.15, -0.1) is 0 Å². The molecule has 1 aromatic rings. The van der Waals surface area contributed by atoms with Gasteiger partial charge in [-0.25, -0.2) is 4.79 Å². The van der Waals surface area contributed by atoms with E-state index >= 15 is 0 Å². The average molecular weight is 236 g/mol. The van der Waals surface area contributed by atoms with E-state index in [2.05, 4.69) is 5.32 Å². The standard InChI is InChI=1S/C11H12N2O4/c1-7-3-2-4-8(9(7)13(16)17)12-11(5-6-11)10(14)15/h2-4,12H,5-6H2,1H3,(H,14,15). The lowest BCUT2D eigenvalue weighted by Gasteiger charge is -2.14. The van der Waals surface area contributed by atoms with E-state index in [1.807, 2.05) is 0 Å². The minimum atomic E-state index is -1.02. The van der Waals surface area contributed by atoms with Crippen molar-refractivity contribution in [1.29, 1.82) is 0 Å². The highest BCUT2D eigenvalue weighted by molar-refractivity contribution is 5.87. The molecule has 1 aromatic carbocycles. The van der Waals surface area contributed by atoms with Gasteiger partial charge in [-0.05, 0) is 25.8 Å². The first-order valence-corrected chi connectivity index (χ1v) is 5.22. The molecule has 1 fully saturated rings. The topological polar surface area (TPSA) is 92.5 Å². The van der Waals surface area contributed by atoms with Gasteiger partial charge in [-0.1, -0.05) is 12.1 Å². The van der Waals surface area contributed by atoms with Gasteiger partial charge in [0.25, 0.3) is 5.69 Å². The third-order valence-electron chi connectivity index (χ3n) is 2.95. The Morgan fingerprint density at radius 1 is 1.53 bits per heavy atom. The Bertz CT molecular complexity index is 494. The van der Waals surface area contributed by atoms with Gasteiger partial charge in [0.2, 0.25) is 0 Å². The first-order chi connectivity index (χ1) is 7.96. The SMILES string of the molecule is Cc1cccc(NC2(C(=O)O)CC2)c1[N+](=O)[O-]. The van der Waals surface area contributed by atoms with E-state index in [4.69, 9.17) is 5.11 Å². The smallest absolute Gasteiger partial charge is 0.329 e. The van der Waals surface area contributed by atoms with Gasteiger partial charge in [0, 0.05) is 5.56 Å². The van der Waals surface area contributed by atoms with Gasteiger partial charge >= 0.3 is 5.97 Å². The zero-order chi connectivity index (χ0) is 12.6. The van der Waals surface area contributed by atoms with Crippen LogP contribution >= 0.6 is 0 Å². The van der Waals surface area contributed by atoms with Gasteiger partial charge in [-0.2, -0.15) is 0 Å². The summed E-state index contributed by atoms with van der Waals surface area (Å²) in [5.74, 6) is -0.965. The number of benzene rings is 1. The first-order valence-electron chi connectivity index (χ1n) is 5.22. The molecule has 0 atom stereocenters. The highest BCUT2D eigenvalue weighted by atomic mass is 16.6. The van der Waals surface area contributed by atoms with Crippen molar-refractivity contribution >= 4 is 17.3 Å². The average Bonchev–Trinajstić information content (AvgIpc) is 2.98. The number of aryl methyl sites for hydroxylation is 1. The summed E-state index contributed by atoms with van der Waals surface area (Å²) in [6.45, 7) is 1.63. The number of nitro benzene ring substituents is 1. The molecule has 1 saturated carbocycles. The number of rotatable bonds is 4. The summed E-state index contributed by atoms with van der Waals surface area (Å²) < 4.78 is 0. The number of para-hydroxylation sites is 1. The van der Waals surface area contributed by atoms with Crippen LogP contribution < -0.4 is 5.32 Å². The minimum Gasteiger partial charge on any atom is -0.480 e. The maximum atomic E-state index is 11.0. The van der Waals surface area contributed by atoms with Crippen LogP contribution in [0, 0.1) is 17.0 Å². The maximum Gasteiger partial charge on any atom is 0.329 e. The van der Waals surface area contributed by atoms with Crippen LogP contribution in [0.4, 0.5) is 11.4 Å². The number of hydrogen-bond acceptors (Lipinski definition) is 4. The fourth-order valence-corrected chi connectivity index (χ4v) is 1.78. The molecule has 2 N–H and O–H groups in total. The Balaban J connectivity index is 2.37. The normalized spacial score (nSPS) is 16.3. The molecule has 1 aliphatic rings. The van der Waals surface area contributed by atoms with Gasteiger partial charge in [0.15, 0.2) is 0 Å². The summed E-state index contributed by atoms with van der Waals surface area (Å²) in [5, 5.41) is 22.7. The number of nitro groups is 1. The number of anilines is 1. The second-order valence-electron chi connectivity index (χ2n) is 4.24. The minimum absolute atomic E-state index is 0.0555. The molecule has 0 aromatic heterocycles. The molecule has 6 nitrogen and oxygen atoms in total. The van der Waals surface area contributed by atoms with Crippen LogP contribution in [0.25, 0.3) is 0 Å². The van der Waals surface area contributed by atoms with Gasteiger partial charge in [0.1, 0.15) is 11.2 Å². The molecule has 0 amide bonds. The van der Waals surface area contributed by atoms with Crippen LogP contribution in [0.5, 0.6) is 0 Å². The van der Waals surface area contributed by atoms with Crippen molar-refractivity contribution in [1.82, 2.24) is 0 Å². The lowest BCUT2D eigenvalue weighted by Crippen LogP contribution is -2.31. The molecule has 0 heterocycles. The number of hydrogen-bond donors (Lipinski definition) is 2. The monoisotopic (exact) mass is 236 g/mol. The van der Waals surface area contributed by atoms with Gasteiger partial charge < -0.3 is 10.4 Å². The number of carboxylic acid groups (broad SMARTS) is 1. The second-order valence-corrected chi connectivity index (χ2v) is 4.24. The molecular formula is C11H12N2O4. The van der Waals surface area contributed by atoms with Crippen LogP contribution in [0.15, 0.2) is 18.2 Å². The zero-order valence-electron chi connectivity index (χ0n) is 9.27. The lowest BCUT2D eigenvalue weighted by atomic mass is 10.1. The van der Waals surface area contributed by atoms with E-state index < -0.39 is 16.4 Å². The predicted octanol–water partition coefficient (Wildman–Crippen LogP) is 1.93. The quantitative estimate of drug-likeness (QED) is 0.615. The van der Waals surface area contributed by atoms with Crippen molar-refractivity contribution in [2.75, 3.05) is 5.32 Å². The summed E-state index contributed by atoms with van der Waals surface area (Å²) >= 11 is 0. The molecule has 1 aliphatic carbocycles. The highest BCUT2D eigenvalue weighted by Crippen LogP contribution is 2.41. The molecule has 0 bridgehead atoms. The van der Waals surface area contributed by atoms with Crippen molar-refractivity contribution in [2.24, 2.45) is 0 Å². The van der Waals surface area contributed by atoms with E-state index in [1.54, 1.807) is 19.1 Å². The Hall–Kier alpha value is -2.11. The molecule has 17 heavy (non-hydrogen) atoms. The third-order valence-corrected chi connectivity index (χ3v) is 2.95. The number of nitrogens with one attached hydrogen (secondary N) is 1. The van der Waals surface area contributed by atoms with Crippen LogP contribution in [0.2, 0.25) is 0 Å². The maximum absolute atomic E-state index is 11.0. The van der Waals surface area contributed by atoms with Crippen LogP contribution in [-0.2, 0) is 4.79 Å². The molecule has 2 rings (SSSR count). The summed E-state index contributed by atoms with van der Waals surface area (Å²) in [5.41, 5.74) is -0.283. The Morgan fingerprint density at radius 2 is 2.18 bits per heavy atom. The molecule has 6 heteroatoms. The van der Waals surface area contributed by atoms with Crippen molar-refractivity contribution in [3.63, 3.8) is 0 Å². The second kappa shape index (κ2) is 3.73. The van der Waals surface area contributed by atoms with E-state index in [9.17, 15) is 14.9 Å². The molecule has 0 unspecified atom stereocenters. The number of aliphatic carboxylic acids is 1. The van der Waals surface area contributed by atoms with E-state index in [1.165, 1.54) is 6.07 Å². The molecule has 0 saturated heterocycles. The zero-order valence-corrected chi connectivity index (χ0v) is 9.27. The third kappa shape index (κ3) is 1.93. The number of nitrogens with zero attached hydrogens (tertiary/aromatic N) is 1. The molecule has 0 radical (unpaired) electrons. The van der Waals surface area contributed by atoms with Crippen molar-refractivity contribution in [3.05, 3.63) is 33.9 Å². The molecular weight excluding hydrogens is 224 g/mol. The van der Waals surface area contributed by atoms with Crippen molar-refractivity contribution in [2.45, 2.75) is 25.3 Å². The largest absolute Gasteiger partial charge is 0.480 e. The molecule has 90 valence electrons. The Morgan fingerprint density at radius 3 is 2.65 bits per heavy atom. The van der Waals surface area contributed by atoms with Gasteiger partial charge in [-0.3, -0.25) is 10.1 Å². The molecule has 0 spiro atoms. The lowest BCUT2D eigenvalue weighted by molar-refractivity contribution is -0.384. The predicted molar refractivity (Wildman–Crippen MR) is 61.1 cm³/mol. The van der Waals surface area contributed by atoms with E-state index in [0.717, 1.165) is 0 Å². The van der Waals surface area contributed by atoms with Crippen LogP contribution in [-0.4, -0.2) is 21.5 Å². The van der Waals surface area contributed by atoms with Crippen molar-refractivity contribution < 1.29 is 14.8 Å². The Labute approximate surface area is 97.4 Å². The fourth-order valence-electron chi connectivity index (χ4n) is 1.78. The first kappa shape index (κ1) is 11.4. The summed E-state index contributed by atoms with van der Waals surface area (Å²) in [7, 11) is 0. The number of carboxylic acids is 1. The summed E-state index contributed by atoms with van der Waals surface area (Å²) in [6.07, 6.45) is 0.987. The van der Waals surface area contributed by atoms with E-state index in [-0.39, 0.29) is 11.4 Å². The fraction of sp³-hybridized carbons (Fsp3) is 0.364. The van der Waals surface area contributed by atoms with Gasteiger partial charge in [0.05, 0.1) is 4.92 Å². The highest BCUT2D eigenvalue weighted by Gasteiger charge is 2.51. The summed E-state index contributed by atoms with van der Waals surface area (Å²) in [6, 6.07) is 4.83. The summed E-state index contributed by atoms with van der Waals surface area (Å²) in [4.78, 5) is 21.5. The molecule has 0 aliphatic heterocycles.